The molecule has 4 aromatic rings. The molecule has 0 atom stereocenters. The van der Waals surface area contributed by atoms with Crippen LogP contribution in [-0.2, 0) is 18.6 Å². The molecule has 0 unspecified atom stereocenters. The number of thioether (sulfide) groups is 1. The number of thiophene rings is 1. The molecule has 31 heavy (non-hydrogen) atoms. The van der Waals surface area contributed by atoms with Crippen LogP contribution in [0.1, 0.15) is 52.3 Å². The van der Waals surface area contributed by atoms with Crippen molar-refractivity contribution in [3.63, 3.8) is 0 Å². The van der Waals surface area contributed by atoms with E-state index in [9.17, 15) is 4.79 Å². The lowest BCUT2D eigenvalue weighted by atomic mass is 10.1. The number of nitrogens with zero attached hydrogens (tertiary/aromatic N) is 3. The molecule has 3 aromatic heterocycles. The van der Waals surface area contributed by atoms with Crippen molar-refractivity contribution in [2.75, 3.05) is 0 Å². The molecule has 160 valence electrons. The average molecular weight is 452 g/mol. The van der Waals surface area contributed by atoms with E-state index in [4.69, 9.17) is 9.51 Å². The van der Waals surface area contributed by atoms with Crippen LogP contribution in [0.15, 0.2) is 38.7 Å². The van der Waals surface area contributed by atoms with E-state index in [1.165, 1.54) is 23.3 Å². The van der Waals surface area contributed by atoms with Crippen molar-refractivity contribution in [1.82, 2.24) is 14.7 Å². The average Bonchev–Trinajstić information content (AvgIpc) is 3.16. The molecule has 0 amide bonds. The highest BCUT2D eigenvalue weighted by molar-refractivity contribution is 7.98. The van der Waals surface area contributed by atoms with Crippen LogP contribution in [-0.4, -0.2) is 14.7 Å². The molecule has 5 rings (SSSR count). The maximum Gasteiger partial charge on any atom is 0.267 e. The largest absolute Gasteiger partial charge is 0.361 e. The van der Waals surface area contributed by atoms with Crippen LogP contribution in [0.2, 0.25) is 0 Å². The van der Waals surface area contributed by atoms with Gasteiger partial charge in [-0.05, 0) is 63.6 Å². The van der Waals surface area contributed by atoms with Crippen molar-refractivity contribution >= 4 is 33.3 Å². The fourth-order valence-electron chi connectivity index (χ4n) is 4.33. The summed E-state index contributed by atoms with van der Waals surface area (Å²) in [5, 5.41) is 5.62. The van der Waals surface area contributed by atoms with Gasteiger partial charge in [0.1, 0.15) is 10.6 Å². The van der Waals surface area contributed by atoms with E-state index in [1.807, 2.05) is 49.6 Å². The minimum Gasteiger partial charge on any atom is -0.361 e. The first-order valence-corrected chi connectivity index (χ1v) is 12.5. The van der Waals surface area contributed by atoms with E-state index in [-0.39, 0.29) is 5.56 Å². The molecule has 0 saturated heterocycles. The molecule has 1 aliphatic rings. The molecule has 0 radical (unpaired) electrons. The lowest BCUT2D eigenvalue weighted by molar-refractivity contribution is 0.392. The van der Waals surface area contributed by atoms with Crippen LogP contribution in [0, 0.1) is 20.8 Å². The van der Waals surface area contributed by atoms with Crippen molar-refractivity contribution in [2.24, 2.45) is 0 Å². The molecule has 3 heterocycles. The molecule has 0 aliphatic heterocycles. The smallest absolute Gasteiger partial charge is 0.267 e. The summed E-state index contributed by atoms with van der Waals surface area (Å²) in [5.41, 5.74) is 5.21. The Balaban J connectivity index is 1.70. The number of hydrogen-bond acceptors (Lipinski definition) is 6. The van der Waals surface area contributed by atoms with Gasteiger partial charge in [0.15, 0.2) is 5.16 Å². The summed E-state index contributed by atoms with van der Waals surface area (Å²) in [6.07, 6.45) is 5.60. The Labute approximate surface area is 189 Å². The van der Waals surface area contributed by atoms with E-state index in [2.05, 4.69) is 5.16 Å². The Morgan fingerprint density at radius 2 is 1.94 bits per heavy atom. The standard InChI is InChI=1S/C24H25N3O2S2/c1-14-9-7-8-11-19(14)27-23(28)21-17-10-5-4-6-12-20(17)31-22(21)25-24(27)30-13-18-15(2)26-29-16(18)3/h7-9,11H,4-6,10,12-13H2,1-3H3. The number of aromatic nitrogens is 3. The summed E-state index contributed by atoms with van der Waals surface area (Å²) >= 11 is 3.28. The first kappa shape index (κ1) is 20.5. The molecule has 0 bridgehead atoms. The van der Waals surface area contributed by atoms with Gasteiger partial charge in [0.25, 0.3) is 5.56 Å². The Hall–Kier alpha value is -2.38. The molecule has 0 saturated carbocycles. The van der Waals surface area contributed by atoms with Gasteiger partial charge in [-0.3, -0.25) is 9.36 Å². The maximum atomic E-state index is 13.9. The number of rotatable bonds is 4. The monoisotopic (exact) mass is 451 g/mol. The SMILES string of the molecule is Cc1ccccc1-n1c(SCc2c(C)noc2C)nc2sc3c(c2c1=O)CCCCC3. The summed E-state index contributed by atoms with van der Waals surface area (Å²) in [6.45, 7) is 5.92. The second kappa shape index (κ2) is 8.28. The topological polar surface area (TPSA) is 60.9 Å². The highest BCUT2D eigenvalue weighted by Crippen LogP contribution is 2.35. The Bertz CT molecular complexity index is 1310. The van der Waals surface area contributed by atoms with Crippen LogP contribution in [0.5, 0.6) is 0 Å². The van der Waals surface area contributed by atoms with Gasteiger partial charge in [-0.2, -0.15) is 0 Å². The van der Waals surface area contributed by atoms with Crippen molar-refractivity contribution in [1.29, 1.82) is 0 Å². The maximum absolute atomic E-state index is 13.9. The minimum atomic E-state index is 0.0555. The van der Waals surface area contributed by atoms with E-state index < -0.39 is 0 Å². The zero-order valence-corrected chi connectivity index (χ0v) is 19.7. The Morgan fingerprint density at radius 1 is 1.13 bits per heavy atom. The highest BCUT2D eigenvalue weighted by Gasteiger charge is 2.23. The fraction of sp³-hybridized carbons (Fsp3) is 0.375. The van der Waals surface area contributed by atoms with Crippen molar-refractivity contribution in [2.45, 2.75) is 63.8 Å². The normalized spacial score (nSPS) is 14.0. The summed E-state index contributed by atoms with van der Waals surface area (Å²) in [7, 11) is 0. The lowest BCUT2D eigenvalue weighted by Crippen LogP contribution is -2.22. The molecule has 0 N–H and O–H groups in total. The van der Waals surface area contributed by atoms with Crippen LogP contribution in [0.3, 0.4) is 0 Å². The van der Waals surface area contributed by atoms with Crippen LogP contribution >= 0.6 is 23.1 Å². The second-order valence-corrected chi connectivity index (χ2v) is 10.2. The van der Waals surface area contributed by atoms with E-state index in [1.54, 1.807) is 23.1 Å². The Kier molecular flexibility index (Phi) is 5.48. The number of benzene rings is 1. The summed E-state index contributed by atoms with van der Waals surface area (Å²) in [6, 6.07) is 8.04. The molecule has 0 spiro atoms. The third kappa shape index (κ3) is 3.64. The van der Waals surface area contributed by atoms with Gasteiger partial charge in [-0.25, -0.2) is 4.98 Å². The highest BCUT2D eigenvalue weighted by atomic mass is 32.2. The van der Waals surface area contributed by atoms with E-state index >= 15 is 0 Å². The van der Waals surface area contributed by atoms with Gasteiger partial charge >= 0.3 is 0 Å². The van der Waals surface area contributed by atoms with Gasteiger partial charge in [0.05, 0.1) is 16.8 Å². The van der Waals surface area contributed by atoms with Crippen LogP contribution in [0.4, 0.5) is 0 Å². The number of hydrogen-bond donors (Lipinski definition) is 0. The molecule has 5 nitrogen and oxygen atoms in total. The zero-order chi connectivity index (χ0) is 21.5. The predicted molar refractivity (Wildman–Crippen MR) is 127 cm³/mol. The minimum absolute atomic E-state index is 0.0555. The van der Waals surface area contributed by atoms with Crippen LogP contribution in [0.25, 0.3) is 15.9 Å². The third-order valence-electron chi connectivity index (χ3n) is 6.09. The van der Waals surface area contributed by atoms with Crippen molar-refractivity contribution < 1.29 is 4.52 Å². The number of fused-ring (bicyclic) bond motifs is 3. The Morgan fingerprint density at radius 3 is 2.71 bits per heavy atom. The van der Waals surface area contributed by atoms with Gasteiger partial charge in [0.2, 0.25) is 0 Å². The summed E-state index contributed by atoms with van der Waals surface area (Å²) in [5.74, 6) is 1.48. The molecule has 0 fully saturated rings. The first-order valence-electron chi connectivity index (χ1n) is 10.7. The van der Waals surface area contributed by atoms with E-state index in [0.29, 0.717) is 5.75 Å². The van der Waals surface area contributed by atoms with Gasteiger partial charge < -0.3 is 4.52 Å². The van der Waals surface area contributed by atoms with Crippen LogP contribution < -0.4 is 5.56 Å². The van der Waals surface area contributed by atoms with Gasteiger partial charge in [-0.15, -0.1) is 11.3 Å². The van der Waals surface area contributed by atoms with E-state index in [0.717, 1.165) is 62.9 Å². The molecule has 1 aliphatic carbocycles. The third-order valence-corrected chi connectivity index (χ3v) is 8.24. The fourth-order valence-corrected chi connectivity index (χ4v) is 6.79. The summed E-state index contributed by atoms with van der Waals surface area (Å²) in [4.78, 5) is 21.2. The zero-order valence-electron chi connectivity index (χ0n) is 18.0. The number of aryl methyl sites for hydroxylation is 5. The first-order chi connectivity index (χ1) is 15.0. The molecular formula is C24H25N3O2S2. The van der Waals surface area contributed by atoms with Gasteiger partial charge in [0, 0.05) is 16.2 Å². The van der Waals surface area contributed by atoms with Crippen molar-refractivity contribution in [3.8, 4) is 5.69 Å². The van der Waals surface area contributed by atoms with Crippen molar-refractivity contribution in [3.05, 3.63) is 67.6 Å². The lowest BCUT2D eigenvalue weighted by Gasteiger charge is -2.14. The predicted octanol–water partition coefficient (Wildman–Crippen LogP) is 5.92. The second-order valence-electron chi connectivity index (χ2n) is 8.16. The number of para-hydroxylation sites is 1. The van der Waals surface area contributed by atoms with Gasteiger partial charge in [-0.1, -0.05) is 41.5 Å². The summed E-state index contributed by atoms with van der Waals surface area (Å²) < 4.78 is 7.15. The quantitative estimate of drug-likeness (QED) is 0.219. The molecule has 7 heteroatoms. The molecular weight excluding hydrogens is 426 g/mol. The molecule has 1 aromatic carbocycles.